The van der Waals surface area contributed by atoms with E-state index < -0.39 is 5.82 Å². The maximum absolute atomic E-state index is 14.3. The fraction of sp³-hybridized carbons (Fsp3) is 0.250. The van der Waals surface area contributed by atoms with Crippen LogP contribution in [0.25, 0.3) is 11.4 Å². The van der Waals surface area contributed by atoms with Crippen molar-refractivity contribution in [1.29, 1.82) is 0 Å². The predicted molar refractivity (Wildman–Crippen MR) is 88.5 cm³/mol. The smallest absolute Gasteiger partial charge is 0.197 e. The average Bonchev–Trinajstić information content (AvgIpc) is 2.97. The molecule has 0 spiro atoms. The van der Waals surface area contributed by atoms with Gasteiger partial charge in [0.15, 0.2) is 16.8 Å². The first kappa shape index (κ1) is 16.4. The predicted octanol–water partition coefficient (Wildman–Crippen LogP) is 3.13. The van der Waals surface area contributed by atoms with Crippen molar-refractivity contribution in [3.05, 3.63) is 42.1 Å². The molecule has 24 heavy (non-hydrogen) atoms. The first-order chi connectivity index (χ1) is 11.6. The molecule has 6 nitrogen and oxygen atoms in total. The van der Waals surface area contributed by atoms with E-state index in [0.717, 1.165) is 23.1 Å². The lowest BCUT2D eigenvalue weighted by Crippen LogP contribution is -2.00. The van der Waals surface area contributed by atoms with Crippen molar-refractivity contribution < 1.29 is 9.13 Å². The number of aryl methyl sites for hydroxylation is 1. The molecule has 124 valence electrons. The lowest BCUT2D eigenvalue weighted by atomic mass is 10.2. The molecule has 0 saturated heterocycles. The van der Waals surface area contributed by atoms with Crippen molar-refractivity contribution >= 4 is 11.8 Å². The fourth-order valence-electron chi connectivity index (χ4n) is 2.19. The average molecular weight is 345 g/mol. The van der Waals surface area contributed by atoms with E-state index >= 15 is 0 Å². The number of nitrogens with zero attached hydrogens (tertiary/aromatic N) is 5. The van der Waals surface area contributed by atoms with Crippen LogP contribution in [0.15, 0.2) is 40.8 Å². The standard InChI is InChI=1S/C16H16FN5OS/c1-4-12-13(17)15(19-9-18-12)24-16-21-20-14(22(16)2)10-5-7-11(23-3)8-6-10/h5-9H,4H2,1-3H3. The molecule has 2 aromatic heterocycles. The van der Waals surface area contributed by atoms with E-state index in [0.29, 0.717) is 23.1 Å². The van der Waals surface area contributed by atoms with E-state index in [1.807, 2.05) is 38.2 Å². The molecule has 8 heteroatoms. The summed E-state index contributed by atoms with van der Waals surface area (Å²) in [5.74, 6) is 1.05. The van der Waals surface area contributed by atoms with Crippen LogP contribution < -0.4 is 4.74 Å². The lowest BCUT2D eigenvalue weighted by molar-refractivity contribution is 0.415. The van der Waals surface area contributed by atoms with Crippen molar-refractivity contribution in [2.75, 3.05) is 7.11 Å². The summed E-state index contributed by atoms with van der Waals surface area (Å²) in [6.45, 7) is 1.85. The zero-order chi connectivity index (χ0) is 17.1. The topological polar surface area (TPSA) is 65.7 Å². The Hall–Kier alpha value is -2.48. The highest BCUT2D eigenvalue weighted by Gasteiger charge is 2.16. The van der Waals surface area contributed by atoms with Crippen molar-refractivity contribution in [3.8, 4) is 17.1 Å². The Morgan fingerprint density at radius 1 is 1.17 bits per heavy atom. The number of ether oxygens (including phenoxy) is 1. The van der Waals surface area contributed by atoms with Gasteiger partial charge in [-0.25, -0.2) is 14.4 Å². The Morgan fingerprint density at radius 3 is 2.58 bits per heavy atom. The molecule has 0 aliphatic heterocycles. The van der Waals surface area contributed by atoms with Crippen molar-refractivity contribution in [2.45, 2.75) is 23.5 Å². The highest BCUT2D eigenvalue weighted by Crippen LogP contribution is 2.30. The number of benzene rings is 1. The summed E-state index contributed by atoms with van der Waals surface area (Å²) in [7, 11) is 3.45. The zero-order valence-electron chi connectivity index (χ0n) is 13.5. The second-order valence-electron chi connectivity index (χ2n) is 4.99. The van der Waals surface area contributed by atoms with Gasteiger partial charge >= 0.3 is 0 Å². The summed E-state index contributed by atoms with van der Waals surface area (Å²) in [5, 5.41) is 9.14. The van der Waals surface area contributed by atoms with Gasteiger partial charge in [-0.2, -0.15) is 0 Å². The maximum Gasteiger partial charge on any atom is 0.197 e. The Balaban J connectivity index is 1.90. The third-order valence-electron chi connectivity index (χ3n) is 3.54. The molecule has 0 aliphatic carbocycles. The molecular formula is C16H16FN5OS. The highest BCUT2D eigenvalue weighted by molar-refractivity contribution is 7.99. The van der Waals surface area contributed by atoms with Crippen LogP contribution in [0.4, 0.5) is 4.39 Å². The van der Waals surface area contributed by atoms with Crippen molar-refractivity contribution in [1.82, 2.24) is 24.7 Å². The number of halogens is 1. The number of rotatable bonds is 5. The van der Waals surface area contributed by atoms with Gasteiger partial charge < -0.3 is 9.30 Å². The molecule has 0 unspecified atom stereocenters. The minimum atomic E-state index is -0.404. The van der Waals surface area contributed by atoms with Crippen LogP contribution in [0, 0.1) is 5.82 Å². The summed E-state index contributed by atoms with van der Waals surface area (Å²) < 4.78 is 21.2. The van der Waals surface area contributed by atoms with Gasteiger partial charge in [0, 0.05) is 12.6 Å². The monoisotopic (exact) mass is 345 g/mol. The second kappa shape index (κ2) is 6.96. The van der Waals surface area contributed by atoms with E-state index in [1.54, 1.807) is 11.7 Å². The molecule has 0 saturated carbocycles. The van der Waals surface area contributed by atoms with Crippen LogP contribution in [0.1, 0.15) is 12.6 Å². The highest BCUT2D eigenvalue weighted by atomic mass is 32.2. The molecule has 0 N–H and O–H groups in total. The van der Waals surface area contributed by atoms with Gasteiger partial charge in [0.2, 0.25) is 0 Å². The first-order valence-electron chi connectivity index (χ1n) is 7.35. The van der Waals surface area contributed by atoms with Crippen LogP contribution in [-0.2, 0) is 13.5 Å². The minimum Gasteiger partial charge on any atom is -0.497 e. The van der Waals surface area contributed by atoms with Gasteiger partial charge in [0.25, 0.3) is 0 Å². The SMILES string of the molecule is CCc1ncnc(Sc2nnc(-c3ccc(OC)cc3)n2C)c1F. The number of aromatic nitrogens is 5. The van der Waals surface area contributed by atoms with E-state index in [9.17, 15) is 4.39 Å². The molecule has 3 aromatic rings. The van der Waals surface area contributed by atoms with Gasteiger partial charge in [0.05, 0.1) is 12.8 Å². The van der Waals surface area contributed by atoms with Crippen LogP contribution in [0.5, 0.6) is 5.75 Å². The van der Waals surface area contributed by atoms with Crippen molar-refractivity contribution in [3.63, 3.8) is 0 Å². The van der Waals surface area contributed by atoms with E-state index in [1.165, 1.54) is 6.33 Å². The van der Waals surface area contributed by atoms with E-state index in [2.05, 4.69) is 20.2 Å². The summed E-state index contributed by atoms with van der Waals surface area (Å²) in [4.78, 5) is 7.94. The Kier molecular flexibility index (Phi) is 4.75. The molecular weight excluding hydrogens is 329 g/mol. The third kappa shape index (κ3) is 3.09. The summed E-state index contributed by atoms with van der Waals surface area (Å²) in [6, 6.07) is 7.51. The van der Waals surface area contributed by atoms with Gasteiger partial charge in [-0.1, -0.05) is 6.92 Å². The lowest BCUT2D eigenvalue weighted by Gasteiger charge is -2.06. The van der Waals surface area contributed by atoms with Crippen LogP contribution >= 0.6 is 11.8 Å². The van der Waals surface area contributed by atoms with Crippen LogP contribution in [0.2, 0.25) is 0 Å². The van der Waals surface area contributed by atoms with Crippen molar-refractivity contribution in [2.24, 2.45) is 7.05 Å². The number of methoxy groups -OCH3 is 1. The molecule has 2 heterocycles. The van der Waals surface area contributed by atoms with Gasteiger partial charge in [0.1, 0.15) is 17.1 Å². The quantitative estimate of drug-likeness (QED) is 0.662. The number of hydrogen-bond acceptors (Lipinski definition) is 6. The summed E-state index contributed by atoms with van der Waals surface area (Å²) in [5.41, 5.74) is 1.29. The van der Waals surface area contributed by atoms with Crippen LogP contribution in [0.3, 0.4) is 0 Å². The molecule has 0 fully saturated rings. The van der Waals surface area contributed by atoms with Crippen LogP contribution in [-0.4, -0.2) is 31.8 Å². The Bertz CT molecular complexity index is 850. The number of hydrogen-bond donors (Lipinski definition) is 0. The maximum atomic E-state index is 14.3. The molecule has 0 radical (unpaired) electrons. The molecule has 0 atom stereocenters. The Morgan fingerprint density at radius 2 is 1.92 bits per heavy atom. The summed E-state index contributed by atoms with van der Waals surface area (Å²) in [6.07, 6.45) is 1.88. The second-order valence-corrected chi connectivity index (χ2v) is 5.94. The molecule has 1 aromatic carbocycles. The summed E-state index contributed by atoms with van der Waals surface area (Å²) >= 11 is 1.13. The normalized spacial score (nSPS) is 10.8. The first-order valence-corrected chi connectivity index (χ1v) is 8.16. The minimum absolute atomic E-state index is 0.249. The van der Waals surface area contributed by atoms with Gasteiger partial charge in [-0.15, -0.1) is 10.2 Å². The van der Waals surface area contributed by atoms with E-state index in [-0.39, 0.29) is 5.03 Å². The molecule has 0 amide bonds. The Labute approximate surface area is 143 Å². The van der Waals surface area contributed by atoms with Gasteiger partial charge in [-0.3, -0.25) is 0 Å². The molecule has 3 rings (SSSR count). The fourth-order valence-corrected chi connectivity index (χ4v) is 2.97. The third-order valence-corrected chi connectivity index (χ3v) is 4.55. The largest absolute Gasteiger partial charge is 0.497 e. The molecule has 0 aliphatic rings. The van der Waals surface area contributed by atoms with Gasteiger partial charge in [-0.05, 0) is 42.4 Å². The van der Waals surface area contributed by atoms with E-state index in [4.69, 9.17) is 4.74 Å². The molecule has 0 bridgehead atoms. The zero-order valence-corrected chi connectivity index (χ0v) is 14.3.